The van der Waals surface area contributed by atoms with E-state index < -0.39 is 5.97 Å². The fourth-order valence-electron chi connectivity index (χ4n) is 1.56. The molecule has 0 spiro atoms. The van der Waals surface area contributed by atoms with E-state index in [-0.39, 0.29) is 12.3 Å². The number of aryl methyl sites for hydroxylation is 1. The molecule has 0 aromatic carbocycles. The van der Waals surface area contributed by atoms with Gasteiger partial charge in [0.2, 0.25) is 0 Å². The van der Waals surface area contributed by atoms with Crippen LogP contribution < -0.4 is 5.32 Å². The monoisotopic (exact) mass is 270 g/mol. The molecule has 6 heteroatoms. The summed E-state index contributed by atoms with van der Waals surface area (Å²) in [5, 5.41) is 11.3. The maximum atomic E-state index is 11.7. The molecule has 1 aromatic heterocycles. The molecular formula is C12H18N2O3S. The predicted octanol–water partition coefficient (Wildman–Crippen LogP) is 2.22. The second kappa shape index (κ2) is 7.81. The van der Waals surface area contributed by atoms with Crippen molar-refractivity contribution in [1.29, 1.82) is 0 Å². The minimum absolute atomic E-state index is 0.0689. The van der Waals surface area contributed by atoms with Gasteiger partial charge in [-0.05, 0) is 19.8 Å². The van der Waals surface area contributed by atoms with Gasteiger partial charge in [-0.1, -0.05) is 12.8 Å². The van der Waals surface area contributed by atoms with Crippen LogP contribution in [0.25, 0.3) is 0 Å². The predicted molar refractivity (Wildman–Crippen MR) is 69.9 cm³/mol. The SMILES string of the molecule is Cc1ncsc1C(=O)NCCCCCCC(=O)O. The molecule has 1 amide bonds. The first-order chi connectivity index (χ1) is 8.61. The van der Waals surface area contributed by atoms with Crippen LogP contribution in [0.15, 0.2) is 5.51 Å². The largest absolute Gasteiger partial charge is 0.481 e. The van der Waals surface area contributed by atoms with E-state index in [1.54, 1.807) is 5.51 Å². The second-order valence-electron chi connectivity index (χ2n) is 4.08. The Morgan fingerprint density at radius 2 is 2.06 bits per heavy atom. The van der Waals surface area contributed by atoms with E-state index in [1.165, 1.54) is 11.3 Å². The van der Waals surface area contributed by atoms with Gasteiger partial charge >= 0.3 is 5.97 Å². The van der Waals surface area contributed by atoms with Crippen LogP contribution in [-0.2, 0) is 4.79 Å². The average Bonchev–Trinajstić information content (AvgIpc) is 2.73. The molecule has 1 aromatic rings. The first-order valence-corrected chi connectivity index (χ1v) is 6.89. The molecule has 0 aliphatic carbocycles. The van der Waals surface area contributed by atoms with E-state index >= 15 is 0 Å². The van der Waals surface area contributed by atoms with Crippen LogP contribution >= 0.6 is 11.3 Å². The minimum atomic E-state index is -0.746. The number of carboxylic acid groups (broad SMARTS) is 1. The molecule has 100 valence electrons. The molecule has 1 heterocycles. The van der Waals surface area contributed by atoms with Crippen LogP contribution in [0.2, 0.25) is 0 Å². The molecule has 0 aliphatic rings. The Labute approximate surface area is 110 Å². The van der Waals surface area contributed by atoms with Crippen molar-refractivity contribution in [3.8, 4) is 0 Å². The smallest absolute Gasteiger partial charge is 0.303 e. The molecule has 0 bridgehead atoms. The highest BCUT2D eigenvalue weighted by Crippen LogP contribution is 2.11. The number of aliphatic carboxylic acids is 1. The third kappa shape index (κ3) is 5.27. The maximum Gasteiger partial charge on any atom is 0.303 e. The van der Waals surface area contributed by atoms with E-state index in [1.807, 2.05) is 6.92 Å². The minimum Gasteiger partial charge on any atom is -0.481 e. The molecule has 0 aliphatic heterocycles. The van der Waals surface area contributed by atoms with Crippen molar-refractivity contribution in [1.82, 2.24) is 10.3 Å². The lowest BCUT2D eigenvalue weighted by Gasteiger charge is -2.03. The molecule has 18 heavy (non-hydrogen) atoms. The van der Waals surface area contributed by atoms with Crippen LogP contribution in [0.5, 0.6) is 0 Å². The van der Waals surface area contributed by atoms with Crippen LogP contribution in [0.4, 0.5) is 0 Å². The third-order valence-corrected chi connectivity index (χ3v) is 3.48. The van der Waals surface area contributed by atoms with Crippen molar-refractivity contribution in [2.75, 3.05) is 6.54 Å². The van der Waals surface area contributed by atoms with Gasteiger partial charge in [0.05, 0.1) is 11.2 Å². The Bertz CT molecular complexity index is 404. The quantitative estimate of drug-likeness (QED) is 0.710. The first-order valence-electron chi connectivity index (χ1n) is 6.01. The summed E-state index contributed by atoms with van der Waals surface area (Å²) in [6.07, 6.45) is 3.64. The van der Waals surface area contributed by atoms with Crippen molar-refractivity contribution in [3.05, 3.63) is 16.1 Å². The van der Waals surface area contributed by atoms with Crippen LogP contribution in [-0.4, -0.2) is 28.5 Å². The molecule has 0 saturated carbocycles. The Balaban J connectivity index is 2.06. The number of carbonyl (C=O) groups excluding carboxylic acids is 1. The van der Waals surface area contributed by atoms with E-state index in [9.17, 15) is 9.59 Å². The normalized spacial score (nSPS) is 10.3. The third-order valence-electron chi connectivity index (χ3n) is 2.55. The average molecular weight is 270 g/mol. The summed E-state index contributed by atoms with van der Waals surface area (Å²) in [5.41, 5.74) is 2.43. The van der Waals surface area contributed by atoms with E-state index in [4.69, 9.17) is 5.11 Å². The lowest BCUT2D eigenvalue weighted by Crippen LogP contribution is -2.24. The van der Waals surface area contributed by atoms with Crippen molar-refractivity contribution in [2.45, 2.75) is 39.0 Å². The van der Waals surface area contributed by atoms with Crippen LogP contribution in [0.1, 0.15) is 47.5 Å². The highest BCUT2D eigenvalue weighted by Gasteiger charge is 2.10. The van der Waals surface area contributed by atoms with Gasteiger partial charge in [-0.15, -0.1) is 11.3 Å². The fourth-order valence-corrected chi connectivity index (χ4v) is 2.28. The van der Waals surface area contributed by atoms with Crippen molar-refractivity contribution in [3.63, 3.8) is 0 Å². The molecule has 0 unspecified atom stereocenters. The summed E-state index contributed by atoms with van der Waals surface area (Å²) < 4.78 is 0. The number of hydrogen-bond donors (Lipinski definition) is 2. The van der Waals surface area contributed by atoms with Gasteiger partial charge in [0, 0.05) is 13.0 Å². The highest BCUT2D eigenvalue weighted by molar-refractivity contribution is 7.11. The number of nitrogens with one attached hydrogen (secondary N) is 1. The summed E-state index contributed by atoms with van der Waals surface area (Å²) in [5.74, 6) is -0.815. The van der Waals surface area contributed by atoms with Gasteiger partial charge in [-0.2, -0.15) is 0 Å². The number of amides is 1. The number of thiazole rings is 1. The van der Waals surface area contributed by atoms with Gasteiger partial charge < -0.3 is 10.4 Å². The highest BCUT2D eigenvalue weighted by atomic mass is 32.1. The number of hydrogen-bond acceptors (Lipinski definition) is 4. The van der Waals surface area contributed by atoms with Gasteiger partial charge in [0.1, 0.15) is 4.88 Å². The molecule has 5 nitrogen and oxygen atoms in total. The van der Waals surface area contributed by atoms with E-state index in [0.717, 1.165) is 25.0 Å². The van der Waals surface area contributed by atoms with Gasteiger partial charge in [0.15, 0.2) is 0 Å². The van der Waals surface area contributed by atoms with Crippen molar-refractivity contribution >= 4 is 23.2 Å². The maximum absolute atomic E-state index is 11.7. The van der Waals surface area contributed by atoms with E-state index in [0.29, 0.717) is 17.8 Å². The zero-order valence-electron chi connectivity index (χ0n) is 10.4. The zero-order valence-corrected chi connectivity index (χ0v) is 11.3. The summed E-state index contributed by atoms with van der Waals surface area (Å²) in [4.78, 5) is 26.7. The standard InChI is InChI=1S/C12H18N2O3S/c1-9-11(18-8-14-9)12(17)13-7-5-3-2-4-6-10(15)16/h8H,2-7H2,1H3,(H,13,17)(H,15,16). The number of rotatable bonds is 8. The lowest BCUT2D eigenvalue weighted by atomic mass is 10.1. The summed E-state index contributed by atoms with van der Waals surface area (Å²) in [6.45, 7) is 2.44. The molecule has 0 radical (unpaired) electrons. The molecule has 0 atom stereocenters. The number of nitrogens with zero attached hydrogens (tertiary/aromatic N) is 1. The topological polar surface area (TPSA) is 79.3 Å². The molecule has 2 N–H and O–H groups in total. The van der Waals surface area contributed by atoms with Crippen molar-refractivity contribution in [2.24, 2.45) is 0 Å². The number of unbranched alkanes of at least 4 members (excludes halogenated alkanes) is 3. The Morgan fingerprint density at radius 3 is 2.67 bits per heavy atom. The Kier molecular flexibility index (Phi) is 6.35. The van der Waals surface area contributed by atoms with E-state index in [2.05, 4.69) is 10.3 Å². The van der Waals surface area contributed by atoms with Crippen LogP contribution in [0, 0.1) is 6.92 Å². The molecule has 1 rings (SSSR count). The summed E-state index contributed by atoms with van der Waals surface area (Å²) in [6, 6.07) is 0. The first kappa shape index (κ1) is 14.6. The van der Waals surface area contributed by atoms with Gasteiger partial charge in [-0.3, -0.25) is 9.59 Å². The fraction of sp³-hybridized carbons (Fsp3) is 0.583. The Morgan fingerprint density at radius 1 is 1.33 bits per heavy atom. The van der Waals surface area contributed by atoms with Crippen molar-refractivity contribution < 1.29 is 14.7 Å². The molecule has 0 saturated heterocycles. The summed E-state index contributed by atoms with van der Waals surface area (Å²) >= 11 is 1.34. The number of carbonyl (C=O) groups is 2. The molecular weight excluding hydrogens is 252 g/mol. The van der Waals surface area contributed by atoms with Gasteiger partial charge in [-0.25, -0.2) is 4.98 Å². The lowest BCUT2D eigenvalue weighted by molar-refractivity contribution is -0.137. The van der Waals surface area contributed by atoms with Crippen LogP contribution in [0.3, 0.4) is 0 Å². The number of carboxylic acids is 1. The van der Waals surface area contributed by atoms with Gasteiger partial charge in [0.25, 0.3) is 5.91 Å². The Hall–Kier alpha value is -1.43. The molecule has 0 fully saturated rings. The number of aromatic nitrogens is 1. The summed E-state index contributed by atoms with van der Waals surface area (Å²) in [7, 11) is 0. The zero-order chi connectivity index (χ0) is 13.4. The second-order valence-corrected chi connectivity index (χ2v) is 4.94.